The highest BCUT2D eigenvalue weighted by Gasteiger charge is 2.29. The molecular weight excluding hydrogens is 314 g/mol. The Kier molecular flexibility index (Phi) is 4.95. The third-order valence-electron chi connectivity index (χ3n) is 3.60. The number of hydrogen-bond donors (Lipinski definition) is 1. The molecule has 1 aliphatic rings. The van der Waals surface area contributed by atoms with Crippen LogP contribution in [0, 0.1) is 16.7 Å². The Bertz CT molecular complexity index is 667. The molecule has 7 heteroatoms. The summed E-state index contributed by atoms with van der Waals surface area (Å²) in [6, 6.07) is 2.19. The third-order valence-corrected chi connectivity index (χ3v) is 4.74. The zero-order valence-electron chi connectivity index (χ0n) is 13.9. The van der Waals surface area contributed by atoms with Gasteiger partial charge in [-0.15, -0.1) is 11.3 Å². The van der Waals surface area contributed by atoms with Crippen LogP contribution in [0.4, 0.5) is 9.80 Å². The van der Waals surface area contributed by atoms with Gasteiger partial charge in [-0.2, -0.15) is 5.26 Å². The first kappa shape index (κ1) is 17.3. The van der Waals surface area contributed by atoms with Crippen LogP contribution in [0.15, 0.2) is 0 Å². The summed E-state index contributed by atoms with van der Waals surface area (Å²) in [7, 11) is 0. The number of rotatable bonds is 2. The number of nitrogens with one attached hydrogen (secondary N) is 1. The van der Waals surface area contributed by atoms with E-state index >= 15 is 0 Å². The fourth-order valence-electron chi connectivity index (χ4n) is 2.27. The molecule has 0 atom stereocenters. The predicted molar refractivity (Wildman–Crippen MR) is 88.3 cm³/mol. The Morgan fingerprint density at radius 2 is 2.13 bits per heavy atom. The lowest BCUT2D eigenvalue weighted by atomic mass is 9.95. The Balaban J connectivity index is 2.25. The molecule has 0 aromatic carbocycles. The molecule has 1 aromatic heterocycles. The van der Waals surface area contributed by atoms with E-state index in [9.17, 15) is 14.9 Å². The molecule has 1 aliphatic heterocycles. The van der Waals surface area contributed by atoms with Gasteiger partial charge in [-0.3, -0.25) is 4.79 Å². The minimum Gasteiger partial charge on any atom is -0.450 e. The second kappa shape index (κ2) is 6.59. The van der Waals surface area contributed by atoms with E-state index < -0.39 is 5.41 Å². The average molecular weight is 335 g/mol. The largest absolute Gasteiger partial charge is 0.450 e. The lowest BCUT2D eigenvalue weighted by molar-refractivity contribution is -0.123. The number of amides is 2. The molecule has 0 bridgehead atoms. The van der Waals surface area contributed by atoms with E-state index in [1.807, 2.05) is 20.8 Å². The van der Waals surface area contributed by atoms with Crippen LogP contribution in [-0.4, -0.2) is 30.1 Å². The molecule has 23 heavy (non-hydrogen) atoms. The van der Waals surface area contributed by atoms with Crippen molar-refractivity contribution in [3.63, 3.8) is 0 Å². The van der Waals surface area contributed by atoms with Crippen molar-refractivity contribution in [2.45, 2.75) is 40.7 Å². The summed E-state index contributed by atoms with van der Waals surface area (Å²) in [4.78, 5) is 26.6. The molecule has 0 saturated carbocycles. The van der Waals surface area contributed by atoms with Gasteiger partial charge in [0.2, 0.25) is 5.91 Å². The standard InChI is InChI=1S/C16H21N3O3S/c1-5-22-15(21)19-7-6-10-11(8-17)13(23-12(10)9-19)18-14(20)16(2,3)4/h5-7,9H2,1-4H3,(H,18,20). The molecule has 1 aromatic rings. The maximum Gasteiger partial charge on any atom is 0.410 e. The van der Waals surface area contributed by atoms with Crippen molar-refractivity contribution in [3.05, 3.63) is 16.0 Å². The number of thiophene rings is 1. The van der Waals surface area contributed by atoms with E-state index in [1.54, 1.807) is 11.8 Å². The van der Waals surface area contributed by atoms with Crippen molar-refractivity contribution < 1.29 is 14.3 Å². The van der Waals surface area contributed by atoms with Gasteiger partial charge in [0, 0.05) is 16.8 Å². The highest BCUT2D eigenvalue weighted by atomic mass is 32.1. The zero-order chi connectivity index (χ0) is 17.2. The molecule has 0 spiro atoms. The molecule has 0 unspecified atom stereocenters. The lowest BCUT2D eigenvalue weighted by Crippen LogP contribution is -2.35. The number of hydrogen-bond acceptors (Lipinski definition) is 5. The number of nitrogens with zero attached hydrogens (tertiary/aromatic N) is 2. The fourth-order valence-corrected chi connectivity index (χ4v) is 3.48. The number of anilines is 1. The van der Waals surface area contributed by atoms with Crippen LogP contribution in [0.25, 0.3) is 0 Å². The SMILES string of the molecule is CCOC(=O)N1CCc2c(sc(NC(=O)C(C)(C)C)c2C#N)C1. The molecule has 2 amide bonds. The van der Waals surface area contributed by atoms with Crippen LogP contribution in [0.1, 0.15) is 43.7 Å². The quantitative estimate of drug-likeness (QED) is 0.900. The van der Waals surface area contributed by atoms with Crippen molar-refractivity contribution in [3.8, 4) is 6.07 Å². The summed E-state index contributed by atoms with van der Waals surface area (Å²) in [6.45, 7) is 8.51. The van der Waals surface area contributed by atoms with E-state index in [1.165, 1.54) is 11.3 Å². The maximum atomic E-state index is 12.2. The van der Waals surface area contributed by atoms with Crippen LogP contribution >= 0.6 is 11.3 Å². The van der Waals surface area contributed by atoms with Crippen LogP contribution < -0.4 is 5.32 Å². The van der Waals surface area contributed by atoms with Crippen molar-refractivity contribution >= 4 is 28.3 Å². The van der Waals surface area contributed by atoms with E-state index in [-0.39, 0.29) is 12.0 Å². The van der Waals surface area contributed by atoms with Gasteiger partial charge >= 0.3 is 6.09 Å². The number of fused-ring (bicyclic) bond motifs is 1. The van der Waals surface area contributed by atoms with Gasteiger partial charge in [0.25, 0.3) is 0 Å². The van der Waals surface area contributed by atoms with Gasteiger partial charge in [-0.25, -0.2) is 4.79 Å². The van der Waals surface area contributed by atoms with Crippen molar-refractivity contribution in [1.29, 1.82) is 5.26 Å². The number of nitriles is 1. The smallest absolute Gasteiger partial charge is 0.410 e. The van der Waals surface area contributed by atoms with Gasteiger partial charge in [-0.1, -0.05) is 20.8 Å². The molecule has 0 saturated heterocycles. The van der Waals surface area contributed by atoms with Crippen molar-refractivity contribution in [1.82, 2.24) is 4.90 Å². The first-order chi connectivity index (χ1) is 10.8. The topological polar surface area (TPSA) is 82.4 Å². The van der Waals surface area contributed by atoms with Crippen LogP contribution in [0.2, 0.25) is 0 Å². The van der Waals surface area contributed by atoms with E-state index in [0.717, 1.165) is 10.4 Å². The number of carbonyl (C=O) groups excluding carboxylic acids is 2. The fraction of sp³-hybridized carbons (Fsp3) is 0.562. The summed E-state index contributed by atoms with van der Waals surface area (Å²) < 4.78 is 5.03. The van der Waals surface area contributed by atoms with Crippen LogP contribution in [-0.2, 0) is 22.5 Å². The summed E-state index contributed by atoms with van der Waals surface area (Å²) in [5.41, 5.74) is 0.919. The Hall–Kier alpha value is -2.07. The normalized spacial score (nSPS) is 14.0. The van der Waals surface area contributed by atoms with Gasteiger partial charge in [0.1, 0.15) is 11.1 Å². The molecular formula is C16H21N3O3S. The van der Waals surface area contributed by atoms with Gasteiger partial charge < -0.3 is 15.0 Å². The zero-order valence-corrected chi connectivity index (χ0v) is 14.7. The molecule has 2 rings (SSSR count). The van der Waals surface area contributed by atoms with Crippen LogP contribution in [0.3, 0.4) is 0 Å². The first-order valence-corrected chi connectivity index (χ1v) is 8.37. The first-order valence-electron chi connectivity index (χ1n) is 7.55. The Morgan fingerprint density at radius 3 is 2.70 bits per heavy atom. The van der Waals surface area contributed by atoms with E-state index in [0.29, 0.717) is 36.7 Å². The monoisotopic (exact) mass is 335 g/mol. The molecule has 0 radical (unpaired) electrons. The number of carbonyl (C=O) groups is 2. The highest BCUT2D eigenvalue weighted by Crippen LogP contribution is 2.37. The van der Waals surface area contributed by atoms with Gasteiger partial charge in [0.05, 0.1) is 18.7 Å². The van der Waals surface area contributed by atoms with Crippen LogP contribution in [0.5, 0.6) is 0 Å². The summed E-state index contributed by atoms with van der Waals surface area (Å²) in [5.74, 6) is -0.130. The Labute approximate surface area is 140 Å². The molecule has 2 heterocycles. The number of ether oxygens (including phenoxy) is 1. The predicted octanol–water partition coefficient (Wildman–Crippen LogP) is 3.12. The molecule has 0 fully saturated rings. The highest BCUT2D eigenvalue weighted by molar-refractivity contribution is 7.16. The third kappa shape index (κ3) is 3.64. The summed E-state index contributed by atoms with van der Waals surface area (Å²) in [5, 5.41) is 12.9. The van der Waals surface area contributed by atoms with Gasteiger partial charge in [-0.05, 0) is 18.9 Å². The van der Waals surface area contributed by atoms with Crippen molar-refractivity contribution in [2.75, 3.05) is 18.5 Å². The second-order valence-corrected chi connectivity index (χ2v) is 7.50. The minimum atomic E-state index is -0.534. The Morgan fingerprint density at radius 1 is 1.43 bits per heavy atom. The lowest BCUT2D eigenvalue weighted by Gasteiger charge is -2.25. The van der Waals surface area contributed by atoms with Gasteiger partial charge in [0.15, 0.2) is 0 Å². The molecule has 6 nitrogen and oxygen atoms in total. The van der Waals surface area contributed by atoms with E-state index in [4.69, 9.17) is 4.74 Å². The average Bonchev–Trinajstić information content (AvgIpc) is 2.82. The molecule has 1 N–H and O–H groups in total. The summed E-state index contributed by atoms with van der Waals surface area (Å²) in [6.07, 6.45) is 0.254. The molecule has 0 aliphatic carbocycles. The molecule has 124 valence electrons. The van der Waals surface area contributed by atoms with Crippen molar-refractivity contribution in [2.24, 2.45) is 5.41 Å². The second-order valence-electron chi connectivity index (χ2n) is 6.39. The van der Waals surface area contributed by atoms with E-state index in [2.05, 4.69) is 11.4 Å². The minimum absolute atomic E-state index is 0.130. The maximum absolute atomic E-state index is 12.2. The summed E-state index contributed by atoms with van der Waals surface area (Å²) >= 11 is 1.37.